The van der Waals surface area contributed by atoms with Crippen LogP contribution in [0.4, 0.5) is 5.69 Å². The Balaban J connectivity index is 1.74. The summed E-state index contributed by atoms with van der Waals surface area (Å²) in [6.45, 7) is 2.96. The van der Waals surface area contributed by atoms with Crippen LogP contribution in [-0.4, -0.2) is 58.0 Å². The fourth-order valence-electron chi connectivity index (χ4n) is 5.15. The van der Waals surface area contributed by atoms with E-state index < -0.39 is 28.5 Å². The Morgan fingerprint density at radius 1 is 1.00 bits per heavy atom. The first-order valence-corrected chi connectivity index (χ1v) is 16.0. The normalized spacial score (nSPS) is 14.2. The summed E-state index contributed by atoms with van der Waals surface area (Å²) >= 11 is 6.31. The third-order valence-electron chi connectivity index (χ3n) is 7.65. The molecule has 43 heavy (non-hydrogen) atoms. The lowest BCUT2D eigenvalue weighted by Gasteiger charge is -2.33. The van der Waals surface area contributed by atoms with Gasteiger partial charge in [0.15, 0.2) is 0 Å². The molecule has 0 saturated heterocycles. The summed E-state index contributed by atoms with van der Waals surface area (Å²) in [4.78, 5) is 29.0. The Bertz CT molecular complexity index is 1540. The van der Waals surface area contributed by atoms with Crippen molar-refractivity contribution in [2.24, 2.45) is 0 Å². The van der Waals surface area contributed by atoms with Crippen molar-refractivity contribution in [1.82, 2.24) is 10.2 Å². The van der Waals surface area contributed by atoms with Crippen LogP contribution in [0.25, 0.3) is 0 Å². The van der Waals surface area contributed by atoms with E-state index >= 15 is 0 Å². The van der Waals surface area contributed by atoms with Crippen LogP contribution in [0.15, 0.2) is 71.6 Å². The van der Waals surface area contributed by atoms with E-state index in [1.165, 1.54) is 30.2 Å². The molecule has 0 spiro atoms. The van der Waals surface area contributed by atoms with Gasteiger partial charge in [-0.25, -0.2) is 8.42 Å². The zero-order chi connectivity index (χ0) is 31.1. The fourth-order valence-corrected chi connectivity index (χ4v) is 6.73. The Morgan fingerprint density at radius 3 is 2.35 bits per heavy atom. The number of hydrogen-bond acceptors (Lipinski definition) is 6. The molecule has 1 saturated carbocycles. The minimum atomic E-state index is -4.27. The van der Waals surface area contributed by atoms with Crippen molar-refractivity contribution >= 4 is 39.1 Å². The van der Waals surface area contributed by atoms with E-state index in [4.69, 9.17) is 21.1 Å². The molecular formula is C32H38ClN3O6S. The number of anilines is 1. The molecule has 0 aliphatic heterocycles. The second-order valence-electron chi connectivity index (χ2n) is 10.7. The van der Waals surface area contributed by atoms with Gasteiger partial charge in [-0.2, -0.15) is 0 Å². The van der Waals surface area contributed by atoms with Gasteiger partial charge >= 0.3 is 0 Å². The minimum absolute atomic E-state index is 0.000649. The van der Waals surface area contributed by atoms with Gasteiger partial charge in [-0.15, -0.1) is 0 Å². The van der Waals surface area contributed by atoms with Crippen molar-refractivity contribution in [3.8, 4) is 11.5 Å². The average Bonchev–Trinajstić information content (AvgIpc) is 3.51. The summed E-state index contributed by atoms with van der Waals surface area (Å²) in [7, 11) is -1.31. The predicted molar refractivity (Wildman–Crippen MR) is 167 cm³/mol. The number of nitrogens with zero attached hydrogens (tertiary/aromatic N) is 2. The van der Waals surface area contributed by atoms with E-state index in [0.717, 1.165) is 41.1 Å². The topological polar surface area (TPSA) is 105 Å². The first-order chi connectivity index (χ1) is 20.5. The maximum Gasteiger partial charge on any atom is 0.264 e. The quantitative estimate of drug-likeness (QED) is 0.291. The molecule has 0 radical (unpaired) electrons. The van der Waals surface area contributed by atoms with Gasteiger partial charge in [0.2, 0.25) is 11.8 Å². The van der Waals surface area contributed by atoms with Crippen LogP contribution in [-0.2, 0) is 26.2 Å². The maximum atomic E-state index is 14.2. The summed E-state index contributed by atoms with van der Waals surface area (Å²) in [5, 5.41) is 3.34. The number of ether oxygens (including phenoxy) is 2. The molecule has 1 fully saturated rings. The van der Waals surface area contributed by atoms with Gasteiger partial charge in [-0.1, -0.05) is 54.3 Å². The highest BCUT2D eigenvalue weighted by atomic mass is 35.5. The average molecular weight is 628 g/mol. The highest BCUT2D eigenvalue weighted by Gasteiger charge is 2.34. The molecule has 0 unspecified atom stereocenters. The number of aryl methyl sites for hydroxylation is 1. The third kappa shape index (κ3) is 7.80. The van der Waals surface area contributed by atoms with Crippen LogP contribution in [0.3, 0.4) is 0 Å². The maximum absolute atomic E-state index is 14.2. The molecule has 0 aromatic heterocycles. The molecule has 3 aromatic rings. The van der Waals surface area contributed by atoms with E-state index in [-0.39, 0.29) is 39.8 Å². The molecule has 1 atom stereocenters. The van der Waals surface area contributed by atoms with Crippen molar-refractivity contribution < 1.29 is 27.5 Å². The van der Waals surface area contributed by atoms with Gasteiger partial charge in [0.25, 0.3) is 10.0 Å². The Labute approximate surface area is 258 Å². The van der Waals surface area contributed by atoms with Gasteiger partial charge in [-0.05, 0) is 74.7 Å². The number of sulfonamides is 1. The minimum Gasteiger partial charge on any atom is -0.497 e. The second-order valence-corrected chi connectivity index (χ2v) is 13.0. The molecule has 0 bridgehead atoms. The largest absolute Gasteiger partial charge is 0.497 e. The Morgan fingerprint density at radius 2 is 1.70 bits per heavy atom. The van der Waals surface area contributed by atoms with E-state index in [9.17, 15) is 18.0 Å². The number of carbonyl (C=O) groups is 2. The fraction of sp³-hybridized carbons (Fsp3) is 0.375. The molecule has 1 aliphatic rings. The molecule has 11 heteroatoms. The number of methoxy groups -OCH3 is 2. The van der Waals surface area contributed by atoms with Crippen molar-refractivity contribution in [2.75, 3.05) is 25.1 Å². The summed E-state index contributed by atoms with van der Waals surface area (Å²) < 4.78 is 40.1. The lowest BCUT2D eigenvalue weighted by Crippen LogP contribution is -2.52. The number of carbonyl (C=O) groups excluding carboxylic acids is 2. The highest BCUT2D eigenvalue weighted by Crippen LogP contribution is 2.35. The van der Waals surface area contributed by atoms with E-state index in [1.807, 2.05) is 13.0 Å². The van der Waals surface area contributed by atoms with E-state index in [2.05, 4.69) is 5.32 Å². The van der Waals surface area contributed by atoms with Gasteiger partial charge in [0, 0.05) is 17.6 Å². The van der Waals surface area contributed by atoms with E-state index in [0.29, 0.717) is 5.75 Å². The number of benzene rings is 3. The van der Waals surface area contributed by atoms with Crippen LogP contribution >= 0.6 is 11.6 Å². The smallest absolute Gasteiger partial charge is 0.264 e. The molecular weight excluding hydrogens is 590 g/mol. The number of halogens is 1. The molecule has 0 heterocycles. The summed E-state index contributed by atoms with van der Waals surface area (Å²) in [6.07, 6.45) is 3.86. The van der Waals surface area contributed by atoms with Gasteiger partial charge in [0.05, 0.1) is 24.8 Å². The van der Waals surface area contributed by atoms with Crippen molar-refractivity contribution in [2.45, 2.75) is 63.1 Å². The van der Waals surface area contributed by atoms with Gasteiger partial charge in [-0.3, -0.25) is 13.9 Å². The molecule has 3 aromatic carbocycles. The number of amides is 2. The standard InChI is InChI=1S/C32H38ClN3O6S/c1-22-12-15-28(16-13-22)43(39,40)36(29-19-25(33)14-17-30(29)42-4)21-31(37)35(20-24-8-7-11-27(18-24)41-3)23(2)32(38)34-26-9-5-6-10-26/h7-8,11-19,23,26H,5-6,9-10,20-21H2,1-4H3,(H,34,38)/t23-/m1/s1. The number of nitrogens with one attached hydrogen (secondary N) is 1. The zero-order valence-corrected chi connectivity index (χ0v) is 26.5. The second kappa shape index (κ2) is 14.1. The van der Waals surface area contributed by atoms with Crippen molar-refractivity contribution in [1.29, 1.82) is 0 Å². The van der Waals surface area contributed by atoms with Crippen molar-refractivity contribution in [3.05, 3.63) is 82.9 Å². The van der Waals surface area contributed by atoms with Crippen LogP contribution in [0, 0.1) is 6.92 Å². The molecule has 4 rings (SSSR count). The monoisotopic (exact) mass is 627 g/mol. The lowest BCUT2D eigenvalue weighted by molar-refractivity contribution is -0.139. The first kappa shape index (κ1) is 32.2. The van der Waals surface area contributed by atoms with Gasteiger partial charge in [0.1, 0.15) is 24.1 Å². The zero-order valence-electron chi connectivity index (χ0n) is 24.9. The number of hydrogen-bond donors (Lipinski definition) is 1. The Kier molecular flexibility index (Phi) is 10.6. The first-order valence-electron chi connectivity index (χ1n) is 14.2. The number of rotatable bonds is 12. The van der Waals surface area contributed by atoms with Crippen LogP contribution in [0.5, 0.6) is 11.5 Å². The van der Waals surface area contributed by atoms with Crippen LogP contribution in [0.2, 0.25) is 5.02 Å². The Hall–Kier alpha value is -3.76. The highest BCUT2D eigenvalue weighted by molar-refractivity contribution is 7.92. The summed E-state index contributed by atoms with van der Waals surface area (Å²) in [5.41, 5.74) is 1.71. The van der Waals surface area contributed by atoms with Crippen molar-refractivity contribution in [3.63, 3.8) is 0 Å². The summed E-state index contributed by atoms with van der Waals surface area (Å²) in [5.74, 6) is -0.0505. The molecule has 2 amide bonds. The van der Waals surface area contributed by atoms with Crippen LogP contribution < -0.4 is 19.1 Å². The van der Waals surface area contributed by atoms with Crippen LogP contribution in [0.1, 0.15) is 43.7 Å². The molecule has 1 aliphatic carbocycles. The van der Waals surface area contributed by atoms with E-state index in [1.54, 1.807) is 56.5 Å². The van der Waals surface area contributed by atoms with Gasteiger partial charge < -0.3 is 19.7 Å². The SMILES string of the molecule is COc1cccc(CN(C(=O)CN(c2cc(Cl)ccc2OC)S(=O)(=O)c2ccc(C)cc2)[C@H](C)C(=O)NC2CCCC2)c1. The molecule has 1 N–H and O–H groups in total. The molecule has 230 valence electrons. The predicted octanol–water partition coefficient (Wildman–Crippen LogP) is 5.34. The molecule has 9 nitrogen and oxygen atoms in total. The lowest BCUT2D eigenvalue weighted by atomic mass is 10.1. The third-order valence-corrected chi connectivity index (χ3v) is 9.66. The summed E-state index contributed by atoms with van der Waals surface area (Å²) in [6, 6.07) is 17.3.